The number of hydrogen-bond donors (Lipinski definition) is 1. The van der Waals surface area contributed by atoms with Crippen molar-refractivity contribution < 1.29 is 4.79 Å². The van der Waals surface area contributed by atoms with E-state index in [4.69, 9.17) is 5.26 Å². The highest BCUT2D eigenvalue weighted by molar-refractivity contribution is 5.79. The summed E-state index contributed by atoms with van der Waals surface area (Å²) in [6, 6.07) is 6.05. The van der Waals surface area contributed by atoms with Crippen LogP contribution in [-0.4, -0.2) is 34.9 Å². The maximum Gasteiger partial charge on any atom is 0.225 e. The van der Waals surface area contributed by atoms with E-state index in [2.05, 4.69) is 21.3 Å². The van der Waals surface area contributed by atoms with Crippen molar-refractivity contribution in [2.24, 2.45) is 5.92 Å². The second-order valence-electron chi connectivity index (χ2n) is 6.62. The summed E-state index contributed by atoms with van der Waals surface area (Å²) >= 11 is 0. The Balaban J connectivity index is 1.47. The first kappa shape index (κ1) is 15.8. The highest BCUT2D eigenvalue weighted by atomic mass is 16.2. The molecule has 5 heteroatoms. The Hall–Kier alpha value is -2.09. The summed E-state index contributed by atoms with van der Waals surface area (Å²) in [5.74, 6) is 1.45. The van der Waals surface area contributed by atoms with Crippen molar-refractivity contribution in [3.05, 3.63) is 23.9 Å². The van der Waals surface area contributed by atoms with Crippen LogP contribution in [0.5, 0.6) is 0 Å². The zero-order valence-corrected chi connectivity index (χ0v) is 13.5. The number of nitrogens with one attached hydrogen (secondary N) is 1. The third-order valence-electron chi connectivity index (χ3n) is 5.01. The molecule has 0 radical (unpaired) electrons. The molecule has 1 aromatic rings. The number of amides is 1. The number of pyridine rings is 1. The number of rotatable bonds is 3. The summed E-state index contributed by atoms with van der Waals surface area (Å²) in [4.78, 5) is 18.9. The molecule has 1 aliphatic carbocycles. The van der Waals surface area contributed by atoms with Gasteiger partial charge in [-0.05, 0) is 37.8 Å². The molecule has 2 aliphatic rings. The summed E-state index contributed by atoms with van der Waals surface area (Å²) in [7, 11) is 0. The molecule has 2 fully saturated rings. The van der Waals surface area contributed by atoms with Crippen LogP contribution in [0.1, 0.15) is 50.5 Å². The van der Waals surface area contributed by atoms with Crippen LogP contribution in [0.3, 0.4) is 0 Å². The molecule has 122 valence electrons. The maximum absolute atomic E-state index is 12.6. The average molecular weight is 312 g/mol. The van der Waals surface area contributed by atoms with Crippen LogP contribution < -0.4 is 5.32 Å². The lowest BCUT2D eigenvalue weighted by Crippen LogP contribution is -2.45. The van der Waals surface area contributed by atoms with Crippen LogP contribution in [0.4, 0.5) is 5.82 Å². The minimum Gasteiger partial charge on any atom is -0.367 e. The Kier molecular flexibility index (Phi) is 5.12. The molecule has 1 saturated heterocycles. The van der Waals surface area contributed by atoms with Crippen molar-refractivity contribution in [3.63, 3.8) is 0 Å². The molecule has 0 spiro atoms. The molecule has 0 unspecified atom stereocenters. The third-order valence-corrected chi connectivity index (χ3v) is 5.01. The van der Waals surface area contributed by atoms with E-state index in [1.54, 1.807) is 12.3 Å². The number of likely N-dealkylation sites (tertiary alicyclic amines) is 1. The number of nitrogens with zero attached hydrogens (tertiary/aromatic N) is 3. The van der Waals surface area contributed by atoms with Crippen molar-refractivity contribution in [3.8, 4) is 6.07 Å². The van der Waals surface area contributed by atoms with Gasteiger partial charge in [-0.25, -0.2) is 4.98 Å². The van der Waals surface area contributed by atoms with E-state index in [9.17, 15) is 4.79 Å². The Labute approximate surface area is 137 Å². The maximum atomic E-state index is 12.6. The highest BCUT2D eigenvalue weighted by Crippen LogP contribution is 2.27. The van der Waals surface area contributed by atoms with Crippen molar-refractivity contribution in [1.29, 1.82) is 5.26 Å². The molecule has 5 nitrogen and oxygen atoms in total. The number of carbonyl (C=O) groups excluding carboxylic acids is 1. The van der Waals surface area contributed by atoms with Gasteiger partial charge in [-0.15, -0.1) is 0 Å². The van der Waals surface area contributed by atoms with E-state index in [-0.39, 0.29) is 5.92 Å². The van der Waals surface area contributed by atoms with Gasteiger partial charge >= 0.3 is 0 Å². The topological polar surface area (TPSA) is 69.0 Å². The molecule has 0 aromatic carbocycles. The monoisotopic (exact) mass is 312 g/mol. The Morgan fingerprint density at radius 1 is 1.17 bits per heavy atom. The largest absolute Gasteiger partial charge is 0.367 e. The lowest BCUT2D eigenvalue weighted by molar-refractivity contribution is -0.137. The van der Waals surface area contributed by atoms with Gasteiger partial charge in [0.05, 0.1) is 5.56 Å². The Morgan fingerprint density at radius 2 is 1.91 bits per heavy atom. The molecule has 1 aliphatic heterocycles. The summed E-state index contributed by atoms with van der Waals surface area (Å²) in [6.45, 7) is 1.67. The SMILES string of the molecule is N#Cc1ccc(NC2CCN(C(=O)C3CCCCC3)CC2)nc1. The second-order valence-corrected chi connectivity index (χ2v) is 6.62. The second kappa shape index (κ2) is 7.45. The van der Waals surface area contributed by atoms with E-state index >= 15 is 0 Å². The molecule has 0 atom stereocenters. The quantitative estimate of drug-likeness (QED) is 0.931. The van der Waals surface area contributed by atoms with E-state index in [1.165, 1.54) is 19.3 Å². The first-order valence-electron chi connectivity index (χ1n) is 8.68. The summed E-state index contributed by atoms with van der Waals surface area (Å²) < 4.78 is 0. The molecular formula is C18H24N4O. The van der Waals surface area contributed by atoms with E-state index in [1.807, 2.05) is 6.07 Å². The number of carbonyl (C=O) groups is 1. The van der Waals surface area contributed by atoms with Crippen LogP contribution in [0.25, 0.3) is 0 Å². The number of piperidine rings is 1. The summed E-state index contributed by atoms with van der Waals surface area (Å²) in [5.41, 5.74) is 0.573. The van der Waals surface area contributed by atoms with Gasteiger partial charge in [0.2, 0.25) is 5.91 Å². The van der Waals surface area contributed by atoms with Crippen molar-refractivity contribution in [2.75, 3.05) is 18.4 Å². The van der Waals surface area contributed by atoms with Crippen molar-refractivity contribution in [1.82, 2.24) is 9.88 Å². The lowest BCUT2D eigenvalue weighted by atomic mass is 9.87. The smallest absolute Gasteiger partial charge is 0.225 e. The van der Waals surface area contributed by atoms with Gasteiger partial charge in [-0.3, -0.25) is 4.79 Å². The Morgan fingerprint density at radius 3 is 2.52 bits per heavy atom. The number of aromatic nitrogens is 1. The van der Waals surface area contributed by atoms with Gasteiger partial charge in [0, 0.05) is 31.2 Å². The van der Waals surface area contributed by atoms with Crippen molar-refractivity contribution >= 4 is 11.7 Å². The molecule has 2 heterocycles. The fourth-order valence-corrected chi connectivity index (χ4v) is 3.61. The fraction of sp³-hybridized carbons (Fsp3) is 0.611. The standard InChI is InChI=1S/C18H24N4O/c19-12-14-6-7-17(20-13-14)21-16-8-10-22(11-9-16)18(23)15-4-2-1-3-5-15/h6-7,13,15-16H,1-5,8-11H2,(H,20,21). The third kappa shape index (κ3) is 4.01. The van der Waals surface area contributed by atoms with Gasteiger partial charge in [0.15, 0.2) is 0 Å². The van der Waals surface area contributed by atoms with Crippen LogP contribution in [-0.2, 0) is 4.79 Å². The summed E-state index contributed by atoms with van der Waals surface area (Å²) in [5, 5.41) is 12.2. The van der Waals surface area contributed by atoms with Gasteiger partial charge in [0.25, 0.3) is 0 Å². The normalized spacial score (nSPS) is 20.0. The fourth-order valence-electron chi connectivity index (χ4n) is 3.61. The van der Waals surface area contributed by atoms with E-state index in [0.717, 1.165) is 44.6 Å². The molecule has 3 rings (SSSR count). The molecule has 23 heavy (non-hydrogen) atoms. The van der Waals surface area contributed by atoms with E-state index in [0.29, 0.717) is 17.5 Å². The van der Waals surface area contributed by atoms with Gasteiger partial charge in [-0.2, -0.15) is 5.26 Å². The minimum atomic E-state index is 0.272. The average Bonchev–Trinajstić information content (AvgIpc) is 2.63. The molecule has 1 amide bonds. The Bertz CT molecular complexity index is 564. The molecule has 0 bridgehead atoms. The molecule has 1 saturated carbocycles. The molecular weight excluding hydrogens is 288 g/mol. The first-order chi connectivity index (χ1) is 11.3. The predicted octanol–water partition coefficient (Wildman–Crippen LogP) is 2.94. The molecule has 1 N–H and O–H groups in total. The number of anilines is 1. The summed E-state index contributed by atoms with van der Waals surface area (Å²) in [6.07, 6.45) is 9.35. The van der Waals surface area contributed by atoms with Crippen LogP contribution in [0.2, 0.25) is 0 Å². The van der Waals surface area contributed by atoms with Gasteiger partial charge in [-0.1, -0.05) is 19.3 Å². The van der Waals surface area contributed by atoms with E-state index < -0.39 is 0 Å². The lowest BCUT2D eigenvalue weighted by Gasteiger charge is -2.35. The highest BCUT2D eigenvalue weighted by Gasteiger charge is 2.29. The predicted molar refractivity (Wildman–Crippen MR) is 88.8 cm³/mol. The first-order valence-corrected chi connectivity index (χ1v) is 8.68. The van der Waals surface area contributed by atoms with Crippen LogP contribution in [0, 0.1) is 17.2 Å². The van der Waals surface area contributed by atoms with Gasteiger partial charge < -0.3 is 10.2 Å². The molecule has 1 aromatic heterocycles. The zero-order valence-electron chi connectivity index (χ0n) is 13.5. The van der Waals surface area contributed by atoms with Crippen molar-refractivity contribution in [2.45, 2.75) is 51.0 Å². The van der Waals surface area contributed by atoms with Crippen LogP contribution >= 0.6 is 0 Å². The van der Waals surface area contributed by atoms with Crippen LogP contribution in [0.15, 0.2) is 18.3 Å². The zero-order chi connectivity index (χ0) is 16.1. The number of nitriles is 1. The van der Waals surface area contributed by atoms with Gasteiger partial charge in [0.1, 0.15) is 11.9 Å². The number of hydrogen-bond acceptors (Lipinski definition) is 4. The minimum absolute atomic E-state index is 0.272.